The summed E-state index contributed by atoms with van der Waals surface area (Å²) in [6.45, 7) is 10.7. The summed E-state index contributed by atoms with van der Waals surface area (Å²) in [4.78, 5) is 3.49. The minimum atomic E-state index is -0.377. The van der Waals surface area contributed by atoms with Crippen molar-refractivity contribution in [2.45, 2.75) is 66.2 Å². The summed E-state index contributed by atoms with van der Waals surface area (Å²) < 4.78 is 14.0. The van der Waals surface area contributed by atoms with Crippen LogP contribution in [0.25, 0.3) is 10.9 Å². The predicted octanol–water partition coefficient (Wildman–Crippen LogP) is 8.27. The molecule has 0 aliphatic carbocycles. The summed E-state index contributed by atoms with van der Waals surface area (Å²) >= 11 is 6.08. The van der Waals surface area contributed by atoms with Gasteiger partial charge >= 0.3 is 0 Å². The molecule has 1 atom stereocenters. The number of allylic oxidation sites excluding steroid dienone is 6. The summed E-state index contributed by atoms with van der Waals surface area (Å²) in [6.07, 6.45) is 12.9. The zero-order valence-corrected chi connectivity index (χ0v) is 17.9. The third-order valence-corrected chi connectivity index (χ3v) is 5.14. The molecular weight excluding hydrogens is 357 g/mol. The molecule has 0 amide bonds. The van der Waals surface area contributed by atoms with Gasteiger partial charge in [0, 0.05) is 22.5 Å². The molecule has 146 valence electrons. The van der Waals surface area contributed by atoms with Gasteiger partial charge in [0.1, 0.15) is 5.82 Å². The van der Waals surface area contributed by atoms with Gasteiger partial charge in [0.15, 0.2) is 0 Å². The van der Waals surface area contributed by atoms with Crippen molar-refractivity contribution < 1.29 is 4.39 Å². The highest BCUT2D eigenvalue weighted by atomic mass is 35.5. The number of nitrogens with one attached hydrogen (secondary N) is 1. The Labute approximate surface area is 168 Å². The van der Waals surface area contributed by atoms with E-state index < -0.39 is 0 Å². The van der Waals surface area contributed by atoms with Gasteiger partial charge in [0.05, 0.1) is 5.02 Å². The van der Waals surface area contributed by atoms with Crippen molar-refractivity contribution in [3.8, 4) is 0 Å². The Balaban J connectivity index is 2.60. The highest BCUT2D eigenvalue weighted by Crippen LogP contribution is 2.35. The number of fused-ring (bicyclic) bond motifs is 1. The Hall–Kier alpha value is -1.80. The zero-order valence-electron chi connectivity index (χ0n) is 17.1. The molecule has 2 aromatic rings. The van der Waals surface area contributed by atoms with Gasteiger partial charge in [0.25, 0.3) is 0 Å². The third kappa shape index (κ3) is 5.35. The van der Waals surface area contributed by atoms with Gasteiger partial charge in [-0.05, 0) is 56.4 Å². The van der Waals surface area contributed by atoms with Crippen LogP contribution in [0.2, 0.25) is 5.02 Å². The molecule has 3 heteroatoms. The fraction of sp³-hybridized carbons (Fsp3) is 0.417. The Morgan fingerprint density at radius 1 is 1.22 bits per heavy atom. The SMILES string of the molecule is CC/C=C/C(=C\C=C(C)C)C(C)c1[nH]c2cc(F)c(Cl)cc2c1CCCC. The minimum absolute atomic E-state index is 0.185. The molecule has 2 rings (SSSR count). The lowest BCUT2D eigenvalue weighted by atomic mass is 9.91. The molecule has 1 aromatic carbocycles. The van der Waals surface area contributed by atoms with Gasteiger partial charge < -0.3 is 4.98 Å². The monoisotopic (exact) mass is 387 g/mol. The summed E-state index contributed by atoms with van der Waals surface area (Å²) in [5.41, 5.74) is 5.75. The lowest BCUT2D eigenvalue weighted by Crippen LogP contribution is -2.01. The summed E-state index contributed by atoms with van der Waals surface area (Å²) in [7, 11) is 0. The predicted molar refractivity (Wildman–Crippen MR) is 117 cm³/mol. The number of hydrogen-bond acceptors (Lipinski definition) is 0. The fourth-order valence-corrected chi connectivity index (χ4v) is 3.45. The number of unbranched alkanes of at least 4 members (excludes halogenated alkanes) is 1. The van der Waals surface area contributed by atoms with Gasteiger partial charge in [-0.15, -0.1) is 0 Å². The number of aromatic amines is 1. The highest BCUT2D eigenvalue weighted by molar-refractivity contribution is 6.31. The number of rotatable bonds is 8. The molecule has 1 unspecified atom stereocenters. The summed E-state index contributed by atoms with van der Waals surface area (Å²) in [5, 5.41) is 1.22. The molecule has 0 radical (unpaired) electrons. The molecule has 0 saturated heterocycles. The molecule has 27 heavy (non-hydrogen) atoms. The van der Waals surface area contributed by atoms with Crippen LogP contribution in [0, 0.1) is 5.82 Å². The number of H-pyrrole nitrogens is 1. The highest BCUT2D eigenvalue weighted by Gasteiger charge is 2.19. The second kappa shape index (κ2) is 9.94. The average Bonchev–Trinajstić information content (AvgIpc) is 2.97. The molecular formula is C24H31ClFN. The van der Waals surface area contributed by atoms with Crippen molar-refractivity contribution >= 4 is 22.5 Å². The zero-order chi connectivity index (χ0) is 20.0. The lowest BCUT2D eigenvalue weighted by molar-refractivity contribution is 0.630. The maximum Gasteiger partial charge on any atom is 0.143 e. The molecule has 1 heterocycles. The molecule has 1 nitrogen and oxygen atoms in total. The van der Waals surface area contributed by atoms with Gasteiger partial charge in [0.2, 0.25) is 0 Å². The van der Waals surface area contributed by atoms with E-state index in [-0.39, 0.29) is 16.8 Å². The van der Waals surface area contributed by atoms with Crippen molar-refractivity contribution in [3.05, 3.63) is 69.7 Å². The van der Waals surface area contributed by atoms with Crippen LogP contribution in [0.3, 0.4) is 0 Å². The van der Waals surface area contributed by atoms with E-state index in [1.807, 2.05) is 0 Å². The second-order valence-electron chi connectivity index (χ2n) is 7.38. The van der Waals surface area contributed by atoms with Gasteiger partial charge in [-0.2, -0.15) is 0 Å². The number of benzene rings is 1. The van der Waals surface area contributed by atoms with Gasteiger partial charge in [-0.1, -0.05) is 68.7 Å². The Morgan fingerprint density at radius 3 is 2.59 bits per heavy atom. The maximum absolute atomic E-state index is 14.0. The topological polar surface area (TPSA) is 15.8 Å². The molecule has 0 spiro atoms. The number of halogens is 2. The van der Waals surface area contributed by atoms with E-state index in [1.165, 1.54) is 22.8 Å². The van der Waals surface area contributed by atoms with Crippen molar-refractivity contribution in [1.82, 2.24) is 4.98 Å². The lowest BCUT2D eigenvalue weighted by Gasteiger charge is -2.15. The van der Waals surface area contributed by atoms with E-state index in [1.54, 1.807) is 6.07 Å². The van der Waals surface area contributed by atoms with E-state index in [0.29, 0.717) is 0 Å². The fourth-order valence-electron chi connectivity index (χ4n) is 3.29. The second-order valence-corrected chi connectivity index (χ2v) is 7.78. The molecule has 1 aromatic heterocycles. The van der Waals surface area contributed by atoms with E-state index in [9.17, 15) is 4.39 Å². The Kier molecular flexibility index (Phi) is 7.91. The number of aryl methyl sites for hydroxylation is 1. The van der Waals surface area contributed by atoms with E-state index >= 15 is 0 Å². The molecule has 0 aliphatic rings. The van der Waals surface area contributed by atoms with Crippen molar-refractivity contribution in [2.75, 3.05) is 0 Å². The quantitative estimate of drug-likeness (QED) is 0.438. The van der Waals surface area contributed by atoms with Crippen molar-refractivity contribution in [3.63, 3.8) is 0 Å². The molecule has 0 saturated carbocycles. The Bertz CT molecular complexity index is 866. The first-order valence-corrected chi connectivity index (χ1v) is 10.3. The first kappa shape index (κ1) is 21.5. The first-order valence-electron chi connectivity index (χ1n) is 9.90. The average molecular weight is 388 g/mol. The summed E-state index contributed by atoms with van der Waals surface area (Å²) in [5.74, 6) is -0.192. The van der Waals surface area contributed by atoms with E-state index in [0.717, 1.165) is 42.3 Å². The van der Waals surface area contributed by atoms with Crippen LogP contribution in [0.15, 0.2) is 47.6 Å². The molecule has 1 N–H and O–H groups in total. The van der Waals surface area contributed by atoms with Crippen molar-refractivity contribution in [1.29, 1.82) is 0 Å². The molecule has 0 fully saturated rings. The molecule has 0 bridgehead atoms. The van der Waals surface area contributed by atoms with Crippen LogP contribution < -0.4 is 0 Å². The standard InChI is InChI=1S/C24H31ClFN/c1-6-8-10-18(13-12-16(3)4)17(5)24-19(11-9-7-2)20-14-21(25)22(26)15-23(20)27-24/h8,10,12-15,17,27H,6-7,9,11H2,1-5H3/b10-8+,18-13+. The van der Waals surface area contributed by atoms with Crippen LogP contribution in [-0.4, -0.2) is 4.98 Å². The van der Waals surface area contributed by atoms with E-state index in [4.69, 9.17) is 11.6 Å². The number of hydrogen-bond donors (Lipinski definition) is 1. The number of aromatic nitrogens is 1. The summed E-state index contributed by atoms with van der Waals surface area (Å²) in [6, 6.07) is 3.29. The smallest absolute Gasteiger partial charge is 0.143 e. The minimum Gasteiger partial charge on any atom is -0.358 e. The van der Waals surface area contributed by atoms with Crippen LogP contribution in [-0.2, 0) is 6.42 Å². The largest absolute Gasteiger partial charge is 0.358 e. The van der Waals surface area contributed by atoms with Crippen LogP contribution in [0.4, 0.5) is 4.39 Å². The Morgan fingerprint density at radius 2 is 1.96 bits per heavy atom. The van der Waals surface area contributed by atoms with Crippen LogP contribution in [0.1, 0.15) is 71.1 Å². The third-order valence-electron chi connectivity index (χ3n) is 4.85. The van der Waals surface area contributed by atoms with E-state index in [2.05, 4.69) is 63.9 Å². The normalized spacial score (nSPS) is 13.5. The van der Waals surface area contributed by atoms with Crippen LogP contribution >= 0.6 is 11.6 Å². The van der Waals surface area contributed by atoms with Gasteiger partial charge in [-0.3, -0.25) is 0 Å². The first-order chi connectivity index (χ1) is 12.9. The van der Waals surface area contributed by atoms with Gasteiger partial charge in [-0.25, -0.2) is 4.39 Å². The van der Waals surface area contributed by atoms with Crippen LogP contribution in [0.5, 0.6) is 0 Å². The molecule has 0 aliphatic heterocycles. The van der Waals surface area contributed by atoms with Crippen molar-refractivity contribution in [2.24, 2.45) is 0 Å². The maximum atomic E-state index is 14.0.